The molecule has 6 heteroatoms. The number of nitrogens with one attached hydrogen (secondary N) is 1. The molecule has 0 aromatic heterocycles. The van der Waals surface area contributed by atoms with E-state index in [1.54, 1.807) is 7.11 Å². The Bertz CT molecular complexity index is 421. The number of rotatable bonds is 5. The van der Waals surface area contributed by atoms with E-state index in [9.17, 15) is 4.79 Å². The van der Waals surface area contributed by atoms with Crippen molar-refractivity contribution in [2.45, 2.75) is 82.8 Å². The Hall–Kier alpha value is -0.690. The van der Waals surface area contributed by atoms with Gasteiger partial charge in [-0.3, -0.25) is 4.79 Å². The Morgan fingerprint density at radius 2 is 1.96 bits per heavy atom. The van der Waals surface area contributed by atoms with Crippen LogP contribution in [-0.4, -0.2) is 50.0 Å². The molecule has 2 saturated heterocycles. The maximum absolute atomic E-state index is 12.1. The summed E-state index contributed by atoms with van der Waals surface area (Å²) < 4.78 is 23.0. The van der Waals surface area contributed by atoms with Crippen LogP contribution in [0.4, 0.5) is 0 Å². The molecule has 0 radical (unpaired) electrons. The summed E-state index contributed by atoms with van der Waals surface area (Å²) >= 11 is 0. The van der Waals surface area contributed by atoms with Crippen molar-refractivity contribution in [3.8, 4) is 0 Å². The topological polar surface area (TPSA) is 66.0 Å². The quantitative estimate of drug-likeness (QED) is 0.836. The van der Waals surface area contributed by atoms with Gasteiger partial charge in [-0.2, -0.15) is 0 Å². The number of ether oxygens (including phenoxy) is 4. The predicted molar refractivity (Wildman–Crippen MR) is 83.7 cm³/mol. The first kappa shape index (κ1) is 17.1. The molecule has 4 atom stereocenters. The van der Waals surface area contributed by atoms with Gasteiger partial charge in [0.2, 0.25) is 5.91 Å². The molecule has 23 heavy (non-hydrogen) atoms. The molecule has 0 bridgehead atoms. The second kappa shape index (κ2) is 7.05. The summed E-state index contributed by atoms with van der Waals surface area (Å²) in [5.74, 6) is -0.00528. The molecule has 3 aliphatic rings. The Morgan fingerprint density at radius 1 is 1.22 bits per heavy atom. The number of fused-ring (bicyclic) bond motifs is 1. The van der Waals surface area contributed by atoms with Crippen LogP contribution >= 0.6 is 0 Å². The van der Waals surface area contributed by atoms with E-state index < -0.39 is 12.1 Å². The molecule has 132 valence electrons. The molecule has 2 heterocycles. The van der Waals surface area contributed by atoms with Gasteiger partial charge in [0.1, 0.15) is 18.3 Å². The standard InChI is InChI=1S/C17H29NO5/c1-17(2)22-15-14(20-3)12(21-16(15)23-17)10-18-13(19)9-11-7-5-4-6-8-11/h11-12,14-16H,4-10H2,1-3H3,(H,18,19)/t12-,14+,15-,16-/m1/s1. The van der Waals surface area contributed by atoms with Crippen LogP contribution in [0.15, 0.2) is 0 Å². The normalized spacial score (nSPS) is 36.8. The van der Waals surface area contributed by atoms with Crippen molar-refractivity contribution < 1.29 is 23.7 Å². The largest absolute Gasteiger partial charge is 0.376 e. The zero-order chi connectivity index (χ0) is 16.4. The van der Waals surface area contributed by atoms with Crippen molar-refractivity contribution in [3.05, 3.63) is 0 Å². The van der Waals surface area contributed by atoms with Crippen LogP contribution in [0, 0.1) is 5.92 Å². The van der Waals surface area contributed by atoms with Crippen LogP contribution in [0.2, 0.25) is 0 Å². The van der Waals surface area contributed by atoms with Gasteiger partial charge >= 0.3 is 0 Å². The fourth-order valence-electron chi connectivity index (χ4n) is 3.94. The van der Waals surface area contributed by atoms with Gasteiger partial charge in [-0.25, -0.2) is 0 Å². The molecule has 0 spiro atoms. The second-order valence-electron chi connectivity index (χ2n) is 7.36. The molecule has 1 N–H and O–H groups in total. The third-order valence-corrected chi connectivity index (χ3v) is 5.06. The number of hydrogen-bond donors (Lipinski definition) is 1. The van der Waals surface area contributed by atoms with Crippen molar-refractivity contribution in [2.24, 2.45) is 5.92 Å². The highest BCUT2D eigenvalue weighted by atomic mass is 16.8. The van der Waals surface area contributed by atoms with E-state index >= 15 is 0 Å². The van der Waals surface area contributed by atoms with Gasteiger partial charge in [0.25, 0.3) is 0 Å². The van der Waals surface area contributed by atoms with Crippen molar-refractivity contribution >= 4 is 5.91 Å². The number of carbonyl (C=O) groups excluding carboxylic acids is 1. The molecular weight excluding hydrogens is 298 g/mol. The predicted octanol–water partition coefficient (Wildman–Crippen LogP) is 1.96. The molecule has 1 amide bonds. The summed E-state index contributed by atoms with van der Waals surface area (Å²) in [4.78, 5) is 12.1. The van der Waals surface area contributed by atoms with E-state index in [0.29, 0.717) is 18.9 Å². The maximum Gasteiger partial charge on any atom is 0.220 e. The van der Waals surface area contributed by atoms with Gasteiger partial charge in [-0.05, 0) is 32.6 Å². The van der Waals surface area contributed by atoms with E-state index in [1.807, 2.05) is 13.8 Å². The van der Waals surface area contributed by atoms with Gasteiger partial charge in [0, 0.05) is 20.1 Å². The van der Waals surface area contributed by atoms with Crippen LogP contribution in [0.5, 0.6) is 0 Å². The summed E-state index contributed by atoms with van der Waals surface area (Å²) in [6.45, 7) is 4.16. The van der Waals surface area contributed by atoms with E-state index in [4.69, 9.17) is 18.9 Å². The van der Waals surface area contributed by atoms with Gasteiger partial charge in [-0.15, -0.1) is 0 Å². The third-order valence-electron chi connectivity index (χ3n) is 5.06. The highest BCUT2D eigenvalue weighted by molar-refractivity contribution is 5.76. The van der Waals surface area contributed by atoms with Gasteiger partial charge < -0.3 is 24.3 Å². The zero-order valence-electron chi connectivity index (χ0n) is 14.4. The van der Waals surface area contributed by atoms with E-state index in [1.165, 1.54) is 32.1 Å². The summed E-state index contributed by atoms with van der Waals surface area (Å²) in [5.41, 5.74) is 0. The zero-order valence-corrected chi connectivity index (χ0v) is 14.4. The maximum atomic E-state index is 12.1. The van der Waals surface area contributed by atoms with Crippen molar-refractivity contribution in [2.75, 3.05) is 13.7 Å². The molecule has 0 aromatic carbocycles. The lowest BCUT2D eigenvalue weighted by molar-refractivity contribution is -0.215. The summed E-state index contributed by atoms with van der Waals surface area (Å²) in [7, 11) is 1.64. The molecule has 6 nitrogen and oxygen atoms in total. The first-order chi connectivity index (χ1) is 11.0. The highest BCUT2D eigenvalue weighted by Crippen LogP contribution is 2.38. The molecule has 0 unspecified atom stereocenters. The molecule has 3 fully saturated rings. The minimum atomic E-state index is -0.651. The molecule has 3 rings (SSSR count). The lowest BCUT2D eigenvalue weighted by Gasteiger charge is -2.25. The average molecular weight is 327 g/mol. The minimum absolute atomic E-state index is 0.106. The van der Waals surface area contributed by atoms with Gasteiger partial charge in [0.15, 0.2) is 12.1 Å². The smallest absolute Gasteiger partial charge is 0.220 e. The number of carbonyl (C=O) groups is 1. The van der Waals surface area contributed by atoms with Crippen molar-refractivity contribution in [1.29, 1.82) is 0 Å². The Kier molecular flexibility index (Phi) is 5.26. The van der Waals surface area contributed by atoms with E-state index in [-0.39, 0.29) is 24.2 Å². The van der Waals surface area contributed by atoms with Crippen molar-refractivity contribution in [1.82, 2.24) is 5.32 Å². The Morgan fingerprint density at radius 3 is 2.65 bits per heavy atom. The lowest BCUT2D eigenvalue weighted by atomic mass is 9.87. The summed E-state index contributed by atoms with van der Waals surface area (Å²) in [5, 5.41) is 2.99. The van der Waals surface area contributed by atoms with Crippen LogP contribution in [0.25, 0.3) is 0 Å². The molecule has 2 aliphatic heterocycles. The van der Waals surface area contributed by atoms with Crippen LogP contribution < -0.4 is 5.32 Å². The number of methoxy groups -OCH3 is 1. The Balaban J connectivity index is 1.46. The van der Waals surface area contributed by atoms with E-state index in [0.717, 1.165) is 0 Å². The SMILES string of the molecule is CO[C@@H]1[C@H]2OC(C)(C)O[C@H]2O[C@@H]1CNC(=O)CC1CCCCC1. The summed E-state index contributed by atoms with van der Waals surface area (Å²) in [6.07, 6.45) is 5.67. The van der Waals surface area contributed by atoms with Gasteiger partial charge in [-0.1, -0.05) is 19.3 Å². The lowest BCUT2D eigenvalue weighted by Crippen LogP contribution is -2.42. The molecular formula is C17H29NO5. The third kappa shape index (κ3) is 4.05. The first-order valence-electron chi connectivity index (χ1n) is 8.79. The van der Waals surface area contributed by atoms with E-state index in [2.05, 4.69) is 5.32 Å². The Labute approximate surface area is 138 Å². The summed E-state index contributed by atoms with van der Waals surface area (Å²) in [6, 6.07) is 0. The molecule has 0 aromatic rings. The second-order valence-corrected chi connectivity index (χ2v) is 7.36. The van der Waals surface area contributed by atoms with Gasteiger partial charge in [0.05, 0.1) is 0 Å². The minimum Gasteiger partial charge on any atom is -0.376 e. The monoisotopic (exact) mass is 327 g/mol. The van der Waals surface area contributed by atoms with Crippen molar-refractivity contribution in [3.63, 3.8) is 0 Å². The highest BCUT2D eigenvalue weighted by Gasteiger charge is 2.55. The number of hydrogen-bond acceptors (Lipinski definition) is 5. The number of amides is 1. The fraction of sp³-hybridized carbons (Fsp3) is 0.941. The van der Waals surface area contributed by atoms with Crippen LogP contribution in [0.3, 0.4) is 0 Å². The van der Waals surface area contributed by atoms with Crippen LogP contribution in [0.1, 0.15) is 52.4 Å². The molecule has 1 saturated carbocycles. The molecule has 1 aliphatic carbocycles. The fourth-order valence-corrected chi connectivity index (χ4v) is 3.94. The van der Waals surface area contributed by atoms with Crippen LogP contribution in [-0.2, 0) is 23.7 Å². The first-order valence-corrected chi connectivity index (χ1v) is 8.79. The average Bonchev–Trinajstić information content (AvgIpc) is 2.97.